The van der Waals surface area contributed by atoms with E-state index in [1.165, 1.54) is 0 Å². The molecule has 0 fully saturated rings. The van der Waals surface area contributed by atoms with Crippen molar-refractivity contribution in [2.75, 3.05) is 0 Å². The monoisotopic (exact) mass is 175 g/mol. The number of hydrogen-bond acceptors (Lipinski definition) is 4. The highest BCUT2D eigenvalue weighted by atomic mass is 16.5. The van der Waals surface area contributed by atoms with Crippen molar-refractivity contribution in [1.29, 1.82) is 0 Å². The smallest absolute Gasteiger partial charge is 0.136 e. The molecule has 2 heterocycles. The van der Waals surface area contributed by atoms with Crippen molar-refractivity contribution in [1.82, 2.24) is 10.1 Å². The van der Waals surface area contributed by atoms with Gasteiger partial charge in [-0.1, -0.05) is 11.2 Å². The molecular formula is C9H9N3O. The van der Waals surface area contributed by atoms with Crippen LogP contribution in [0.3, 0.4) is 0 Å². The summed E-state index contributed by atoms with van der Waals surface area (Å²) in [6.45, 7) is 0.412. The van der Waals surface area contributed by atoms with Crippen molar-refractivity contribution in [3.63, 3.8) is 0 Å². The number of nitrogens with two attached hydrogens (primary N) is 1. The second-order valence-corrected chi connectivity index (χ2v) is 2.61. The van der Waals surface area contributed by atoms with Gasteiger partial charge in [0.1, 0.15) is 12.0 Å². The van der Waals surface area contributed by atoms with E-state index in [0.29, 0.717) is 6.54 Å². The number of pyridine rings is 1. The first-order valence-corrected chi connectivity index (χ1v) is 3.96. The third kappa shape index (κ3) is 1.43. The first kappa shape index (κ1) is 7.94. The van der Waals surface area contributed by atoms with Crippen molar-refractivity contribution in [3.05, 3.63) is 36.2 Å². The van der Waals surface area contributed by atoms with Crippen molar-refractivity contribution in [2.45, 2.75) is 6.54 Å². The van der Waals surface area contributed by atoms with Gasteiger partial charge in [0.2, 0.25) is 0 Å². The van der Waals surface area contributed by atoms with Gasteiger partial charge in [-0.3, -0.25) is 4.98 Å². The van der Waals surface area contributed by atoms with Gasteiger partial charge in [-0.05, 0) is 12.1 Å². The van der Waals surface area contributed by atoms with Gasteiger partial charge in [0.05, 0.1) is 5.69 Å². The van der Waals surface area contributed by atoms with Crippen molar-refractivity contribution in [2.24, 2.45) is 5.73 Å². The van der Waals surface area contributed by atoms with Crippen LogP contribution in [0.25, 0.3) is 11.4 Å². The maximum absolute atomic E-state index is 5.50. The molecule has 4 heteroatoms. The molecule has 0 aromatic carbocycles. The summed E-state index contributed by atoms with van der Waals surface area (Å²) in [5, 5.41) is 3.84. The number of rotatable bonds is 2. The van der Waals surface area contributed by atoms with Gasteiger partial charge >= 0.3 is 0 Å². The average molecular weight is 175 g/mol. The van der Waals surface area contributed by atoms with Gasteiger partial charge < -0.3 is 10.3 Å². The van der Waals surface area contributed by atoms with E-state index in [4.69, 9.17) is 10.3 Å². The molecule has 2 aromatic heterocycles. The Bertz CT molecular complexity index is 383. The van der Waals surface area contributed by atoms with Crippen LogP contribution >= 0.6 is 0 Å². The Balaban J connectivity index is 2.47. The summed E-state index contributed by atoms with van der Waals surface area (Å²) in [6, 6.07) is 5.63. The highest BCUT2D eigenvalue weighted by Crippen LogP contribution is 2.18. The van der Waals surface area contributed by atoms with Crippen LogP contribution in [0.2, 0.25) is 0 Å². The van der Waals surface area contributed by atoms with Gasteiger partial charge in [0.15, 0.2) is 0 Å². The number of nitrogens with zero attached hydrogens (tertiary/aromatic N) is 2. The molecule has 0 aliphatic heterocycles. The maximum atomic E-state index is 5.50. The van der Waals surface area contributed by atoms with Gasteiger partial charge in [-0.25, -0.2) is 0 Å². The molecule has 4 nitrogen and oxygen atoms in total. The zero-order valence-electron chi connectivity index (χ0n) is 6.97. The molecule has 0 spiro atoms. The van der Waals surface area contributed by atoms with Crippen LogP contribution in [-0.2, 0) is 6.54 Å². The van der Waals surface area contributed by atoms with Crippen LogP contribution in [0.15, 0.2) is 35.2 Å². The lowest BCUT2D eigenvalue weighted by atomic mass is 10.2. The molecule has 0 bridgehead atoms. The quantitative estimate of drug-likeness (QED) is 0.744. The van der Waals surface area contributed by atoms with Crippen molar-refractivity contribution >= 4 is 0 Å². The molecule has 2 aromatic rings. The molecule has 0 aliphatic carbocycles. The Morgan fingerprint density at radius 3 is 3.00 bits per heavy atom. The van der Waals surface area contributed by atoms with E-state index in [1.54, 1.807) is 12.5 Å². The molecule has 2 rings (SSSR count). The maximum Gasteiger partial charge on any atom is 0.136 e. The van der Waals surface area contributed by atoms with Gasteiger partial charge in [-0.15, -0.1) is 0 Å². The number of hydrogen-bond donors (Lipinski definition) is 1. The minimum atomic E-state index is 0.412. The summed E-state index contributed by atoms with van der Waals surface area (Å²) in [4.78, 5) is 4.15. The predicted molar refractivity (Wildman–Crippen MR) is 47.6 cm³/mol. The van der Waals surface area contributed by atoms with Gasteiger partial charge in [0.25, 0.3) is 0 Å². The van der Waals surface area contributed by atoms with E-state index in [9.17, 15) is 0 Å². The second kappa shape index (κ2) is 3.37. The summed E-state index contributed by atoms with van der Waals surface area (Å²) < 4.78 is 4.82. The lowest BCUT2D eigenvalue weighted by molar-refractivity contribution is 0.421. The fourth-order valence-electron chi connectivity index (χ4n) is 1.12. The third-order valence-electron chi connectivity index (χ3n) is 1.77. The lowest BCUT2D eigenvalue weighted by Gasteiger charge is -1.95. The Labute approximate surface area is 75.4 Å². The zero-order valence-corrected chi connectivity index (χ0v) is 6.97. The van der Waals surface area contributed by atoms with Crippen LogP contribution in [0, 0.1) is 0 Å². The molecule has 0 saturated heterocycles. The minimum Gasteiger partial charge on any atom is -0.364 e. The molecule has 0 unspecified atom stereocenters. The van der Waals surface area contributed by atoms with Gasteiger partial charge in [-0.2, -0.15) is 0 Å². The van der Waals surface area contributed by atoms with E-state index >= 15 is 0 Å². The Morgan fingerprint density at radius 1 is 1.38 bits per heavy atom. The Hall–Kier alpha value is -1.68. The van der Waals surface area contributed by atoms with E-state index in [-0.39, 0.29) is 0 Å². The summed E-state index contributed by atoms with van der Waals surface area (Å²) in [7, 11) is 0. The second-order valence-electron chi connectivity index (χ2n) is 2.61. The van der Waals surface area contributed by atoms with Gasteiger partial charge in [0, 0.05) is 18.3 Å². The molecular weight excluding hydrogens is 166 g/mol. The highest BCUT2D eigenvalue weighted by Gasteiger charge is 2.08. The average Bonchev–Trinajstić information content (AvgIpc) is 2.67. The molecule has 0 atom stereocenters. The fraction of sp³-hybridized carbons (Fsp3) is 0.111. The molecule has 13 heavy (non-hydrogen) atoms. The van der Waals surface area contributed by atoms with Crippen LogP contribution in [0.4, 0.5) is 0 Å². The number of aromatic nitrogens is 2. The Kier molecular flexibility index (Phi) is 2.06. The largest absolute Gasteiger partial charge is 0.364 e. The van der Waals surface area contributed by atoms with Crippen molar-refractivity contribution < 1.29 is 4.52 Å². The lowest BCUT2D eigenvalue weighted by Crippen LogP contribution is -1.97. The predicted octanol–water partition coefficient (Wildman–Crippen LogP) is 1.20. The first-order valence-electron chi connectivity index (χ1n) is 3.96. The normalized spacial score (nSPS) is 10.2. The SMILES string of the molecule is NCc1conc1-c1ccccn1. The van der Waals surface area contributed by atoms with Crippen molar-refractivity contribution in [3.8, 4) is 11.4 Å². The van der Waals surface area contributed by atoms with Crippen LogP contribution in [0.5, 0.6) is 0 Å². The van der Waals surface area contributed by atoms with E-state index in [2.05, 4.69) is 10.1 Å². The highest BCUT2D eigenvalue weighted by molar-refractivity contribution is 5.57. The first-order chi connectivity index (χ1) is 6.42. The summed E-state index contributed by atoms with van der Waals surface area (Å²) in [5.74, 6) is 0. The van der Waals surface area contributed by atoms with E-state index in [1.807, 2.05) is 18.2 Å². The van der Waals surface area contributed by atoms with Crippen LogP contribution in [-0.4, -0.2) is 10.1 Å². The molecule has 2 N–H and O–H groups in total. The zero-order chi connectivity index (χ0) is 9.10. The van der Waals surface area contributed by atoms with E-state index in [0.717, 1.165) is 17.0 Å². The topological polar surface area (TPSA) is 64.9 Å². The molecule has 0 aliphatic rings. The van der Waals surface area contributed by atoms with Crippen LogP contribution < -0.4 is 5.73 Å². The molecule has 0 amide bonds. The molecule has 0 saturated carbocycles. The summed E-state index contributed by atoms with van der Waals surface area (Å²) in [5.41, 5.74) is 7.89. The minimum absolute atomic E-state index is 0.412. The summed E-state index contributed by atoms with van der Waals surface area (Å²) in [6.07, 6.45) is 3.26. The summed E-state index contributed by atoms with van der Waals surface area (Å²) >= 11 is 0. The standard InChI is InChI=1S/C9H9N3O/c10-5-7-6-13-12-9(7)8-3-1-2-4-11-8/h1-4,6H,5,10H2. The Morgan fingerprint density at radius 2 is 2.31 bits per heavy atom. The fourth-order valence-corrected chi connectivity index (χ4v) is 1.12. The van der Waals surface area contributed by atoms with E-state index < -0.39 is 0 Å². The van der Waals surface area contributed by atoms with Crippen LogP contribution in [0.1, 0.15) is 5.56 Å². The molecule has 0 radical (unpaired) electrons. The third-order valence-corrected chi connectivity index (χ3v) is 1.77. The molecule has 66 valence electrons.